The molecule has 0 radical (unpaired) electrons. The molecule has 2 aromatic rings. The molecule has 1 heterocycles. The number of hydrogen-bond donors (Lipinski definition) is 1. The van der Waals surface area contributed by atoms with Crippen LogP contribution in [0.2, 0.25) is 0 Å². The first-order valence-electron chi connectivity index (χ1n) is 8.46. The van der Waals surface area contributed by atoms with Crippen LogP contribution >= 0.6 is 0 Å². The lowest BCUT2D eigenvalue weighted by Gasteiger charge is -2.28. The predicted octanol–water partition coefficient (Wildman–Crippen LogP) is 3.69. The minimum atomic E-state index is -0.522. The highest BCUT2D eigenvalue weighted by Gasteiger charge is 2.26. The van der Waals surface area contributed by atoms with E-state index in [1.807, 2.05) is 0 Å². The second-order valence-corrected chi connectivity index (χ2v) is 6.58. The number of aliphatic hydroxyl groups is 1. The molecule has 1 aromatic heterocycles. The Kier molecular flexibility index (Phi) is 5.09. The zero-order chi connectivity index (χ0) is 17.1. The van der Waals surface area contributed by atoms with Crippen molar-refractivity contribution in [3.63, 3.8) is 0 Å². The SMILES string of the molecule is O=C(C[C@@H](CO)C1CCCCC1)c1cc(=O)c2cc(F)ccc2o1. The molecule has 1 N–H and O–H groups in total. The minimum Gasteiger partial charge on any atom is -0.453 e. The molecule has 0 spiro atoms. The number of Topliss-reactive ketones (excluding diaryl/α,β-unsaturated/α-hetero) is 1. The molecule has 1 aliphatic carbocycles. The molecule has 24 heavy (non-hydrogen) atoms. The van der Waals surface area contributed by atoms with Crippen molar-refractivity contribution < 1.29 is 18.7 Å². The number of ketones is 1. The van der Waals surface area contributed by atoms with Crippen LogP contribution in [0.1, 0.15) is 49.1 Å². The van der Waals surface area contributed by atoms with E-state index in [-0.39, 0.29) is 41.5 Å². The maximum Gasteiger partial charge on any atom is 0.198 e. The lowest BCUT2D eigenvalue weighted by molar-refractivity contribution is 0.0838. The normalized spacial score (nSPS) is 17.1. The molecule has 0 amide bonds. The molecule has 0 unspecified atom stereocenters. The minimum absolute atomic E-state index is 0.0200. The third-order valence-corrected chi connectivity index (χ3v) is 4.96. The molecule has 1 aliphatic rings. The highest BCUT2D eigenvalue weighted by Crippen LogP contribution is 2.32. The largest absolute Gasteiger partial charge is 0.453 e. The zero-order valence-electron chi connectivity index (χ0n) is 13.5. The third-order valence-electron chi connectivity index (χ3n) is 4.96. The summed E-state index contributed by atoms with van der Waals surface area (Å²) in [5.74, 6) is -0.594. The van der Waals surface area contributed by atoms with Crippen molar-refractivity contribution in [1.29, 1.82) is 0 Å². The van der Waals surface area contributed by atoms with E-state index in [4.69, 9.17) is 4.42 Å². The fourth-order valence-electron chi connectivity index (χ4n) is 3.59. The van der Waals surface area contributed by atoms with Crippen molar-refractivity contribution in [3.8, 4) is 0 Å². The van der Waals surface area contributed by atoms with Gasteiger partial charge in [-0.1, -0.05) is 32.1 Å². The number of benzene rings is 1. The molecule has 0 bridgehead atoms. The van der Waals surface area contributed by atoms with Gasteiger partial charge in [0.2, 0.25) is 0 Å². The summed E-state index contributed by atoms with van der Waals surface area (Å²) in [5.41, 5.74) is -0.234. The summed E-state index contributed by atoms with van der Waals surface area (Å²) >= 11 is 0. The monoisotopic (exact) mass is 332 g/mol. The number of rotatable bonds is 5. The summed E-state index contributed by atoms with van der Waals surface area (Å²) < 4.78 is 18.7. The molecule has 1 saturated carbocycles. The molecule has 1 fully saturated rings. The molecule has 3 rings (SSSR count). The number of fused-ring (bicyclic) bond motifs is 1. The third kappa shape index (κ3) is 3.56. The van der Waals surface area contributed by atoms with E-state index >= 15 is 0 Å². The van der Waals surface area contributed by atoms with Crippen molar-refractivity contribution in [2.24, 2.45) is 11.8 Å². The molecule has 1 aromatic carbocycles. The summed E-state index contributed by atoms with van der Waals surface area (Å²) in [6, 6.07) is 4.78. The molecule has 5 heteroatoms. The van der Waals surface area contributed by atoms with Gasteiger partial charge in [0.25, 0.3) is 0 Å². The molecule has 4 nitrogen and oxygen atoms in total. The number of carbonyl (C=O) groups excluding carboxylic acids is 1. The van der Waals surface area contributed by atoms with Crippen LogP contribution in [0, 0.1) is 17.7 Å². The summed E-state index contributed by atoms with van der Waals surface area (Å²) in [4.78, 5) is 24.6. The van der Waals surface area contributed by atoms with Crippen LogP contribution in [0.4, 0.5) is 4.39 Å². The topological polar surface area (TPSA) is 67.5 Å². The first kappa shape index (κ1) is 16.8. The molecular formula is C19H21FO4. The Morgan fingerprint density at radius 1 is 1.25 bits per heavy atom. The van der Waals surface area contributed by atoms with E-state index in [0.29, 0.717) is 5.92 Å². The van der Waals surface area contributed by atoms with E-state index in [0.717, 1.165) is 37.8 Å². The Labute approximate surface area is 139 Å². The average Bonchev–Trinajstić information content (AvgIpc) is 2.60. The van der Waals surface area contributed by atoms with Gasteiger partial charge in [-0.25, -0.2) is 4.39 Å². The predicted molar refractivity (Wildman–Crippen MR) is 88.5 cm³/mol. The lowest BCUT2D eigenvalue weighted by Crippen LogP contribution is -2.24. The fourth-order valence-corrected chi connectivity index (χ4v) is 3.59. The highest BCUT2D eigenvalue weighted by atomic mass is 19.1. The van der Waals surface area contributed by atoms with Crippen LogP contribution in [-0.4, -0.2) is 17.5 Å². The van der Waals surface area contributed by atoms with E-state index in [1.54, 1.807) is 0 Å². The van der Waals surface area contributed by atoms with Gasteiger partial charge >= 0.3 is 0 Å². The zero-order valence-corrected chi connectivity index (χ0v) is 13.5. The first-order valence-corrected chi connectivity index (χ1v) is 8.46. The molecule has 0 saturated heterocycles. The second-order valence-electron chi connectivity index (χ2n) is 6.58. The van der Waals surface area contributed by atoms with Crippen LogP contribution in [0.3, 0.4) is 0 Å². The molecule has 1 atom stereocenters. The Balaban J connectivity index is 1.82. The van der Waals surface area contributed by atoms with Crippen LogP contribution in [-0.2, 0) is 0 Å². The Bertz CT molecular complexity index is 790. The highest BCUT2D eigenvalue weighted by molar-refractivity contribution is 5.95. The number of hydrogen-bond acceptors (Lipinski definition) is 4. The quantitative estimate of drug-likeness (QED) is 0.848. The average molecular weight is 332 g/mol. The van der Waals surface area contributed by atoms with Crippen molar-refractivity contribution in [2.75, 3.05) is 6.61 Å². The maximum atomic E-state index is 13.2. The van der Waals surface area contributed by atoms with E-state index in [2.05, 4.69) is 0 Å². The molecular weight excluding hydrogens is 311 g/mol. The summed E-state index contributed by atoms with van der Waals surface area (Å²) in [6.07, 6.45) is 5.69. The number of carbonyl (C=O) groups is 1. The summed E-state index contributed by atoms with van der Waals surface area (Å²) in [7, 11) is 0. The Morgan fingerprint density at radius 2 is 2.00 bits per heavy atom. The van der Waals surface area contributed by atoms with Gasteiger partial charge < -0.3 is 9.52 Å². The maximum absolute atomic E-state index is 13.2. The number of aliphatic hydroxyl groups excluding tert-OH is 1. The van der Waals surface area contributed by atoms with Crippen molar-refractivity contribution in [2.45, 2.75) is 38.5 Å². The Morgan fingerprint density at radius 3 is 2.71 bits per heavy atom. The van der Waals surface area contributed by atoms with Gasteiger partial charge in [-0.2, -0.15) is 0 Å². The van der Waals surface area contributed by atoms with Crippen LogP contribution in [0.25, 0.3) is 11.0 Å². The van der Waals surface area contributed by atoms with E-state index in [1.165, 1.54) is 18.6 Å². The van der Waals surface area contributed by atoms with Gasteiger partial charge in [0.1, 0.15) is 11.4 Å². The van der Waals surface area contributed by atoms with E-state index < -0.39 is 11.2 Å². The van der Waals surface area contributed by atoms with Gasteiger partial charge in [-0.05, 0) is 30.0 Å². The molecule has 128 valence electrons. The van der Waals surface area contributed by atoms with Gasteiger partial charge in [0.15, 0.2) is 17.0 Å². The smallest absolute Gasteiger partial charge is 0.198 e. The standard InChI is InChI=1S/C19H21FO4/c20-14-6-7-18-15(9-14)16(22)10-19(24-18)17(23)8-13(11-21)12-4-2-1-3-5-12/h6-7,9-10,12-13,21H,1-5,8,11H2/t13-/m0/s1. The second kappa shape index (κ2) is 7.26. The van der Waals surface area contributed by atoms with Crippen LogP contribution < -0.4 is 5.43 Å². The van der Waals surface area contributed by atoms with Crippen molar-refractivity contribution in [1.82, 2.24) is 0 Å². The summed E-state index contributed by atoms with van der Waals surface area (Å²) in [5, 5.41) is 9.77. The van der Waals surface area contributed by atoms with Crippen LogP contribution in [0.5, 0.6) is 0 Å². The van der Waals surface area contributed by atoms with Gasteiger partial charge in [0, 0.05) is 19.1 Å². The lowest BCUT2D eigenvalue weighted by atomic mass is 9.78. The van der Waals surface area contributed by atoms with Crippen molar-refractivity contribution in [3.05, 3.63) is 46.1 Å². The van der Waals surface area contributed by atoms with Gasteiger partial charge in [0.05, 0.1) is 5.39 Å². The van der Waals surface area contributed by atoms with Gasteiger partial charge in [-0.3, -0.25) is 9.59 Å². The number of halogens is 1. The van der Waals surface area contributed by atoms with E-state index in [9.17, 15) is 19.1 Å². The first-order chi connectivity index (χ1) is 11.6. The van der Waals surface area contributed by atoms with Crippen molar-refractivity contribution >= 4 is 16.8 Å². The summed E-state index contributed by atoms with van der Waals surface area (Å²) in [6.45, 7) is -0.0422. The van der Waals surface area contributed by atoms with Crippen LogP contribution in [0.15, 0.2) is 33.5 Å². The van der Waals surface area contributed by atoms with Gasteiger partial charge in [-0.15, -0.1) is 0 Å². The fraction of sp³-hybridized carbons (Fsp3) is 0.474. The molecule has 0 aliphatic heterocycles. The Hall–Kier alpha value is -2.01.